The van der Waals surface area contributed by atoms with Crippen molar-refractivity contribution in [1.82, 2.24) is 4.90 Å². The molecule has 86 valence electrons. The van der Waals surface area contributed by atoms with E-state index in [0.29, 0.717) is 12.6 Å². The number of likely N-dealkylation sites (N-methyl/N-ethyl adjacent to an activating group) is 1. The van der Waals surface area contributed by atoms with Gasteiger partial charge in [-0.3, -0.25) is 4.79 Å². The largest absolute Gasteiger partial charge is 0.375 e. The number of benzene rings is 1. The summed E-state index contributed by atoms with van der Waals surface area (Å²) in [6.07, 6.45) is 2.30. The topological polar surface area (TPSA) is 32.3 Å². The second-order valence-electron chi connectivity index (χ2n) is 4.07. The first-order chi connectivity index (χ1) is 7.68. The zero-order valence-electron chi connectivity index (χ0n) is 9.24. The van der Waals surface area contributed by atoms with E-state index in [1.807, 2.05) is 36.2 Å². The van der Waals surface area contributed by atoms with Crippen LogP contribution in [0.25, 0.3) is 0 Å². The molecule has 4 heteroatoms. The summed E-state index contributed by atoms with van der Waals surface area (Å²) in [5.41, 5.74) is 0.958. The molecule has 2 rings (SSSR count). The maximum atomic E-state index is 11.8. The summed E-state index contributed by atoms with van der Waals surface area (Å²) in [6, 6.07) is 8.29. The molecule has 1 aliphatic rings. The van der Waals surface area contributed by atoms with Crippen molar-refractivity contribution >= 4 is 27.5 Å². The molecule has 0 bridgehead atoms. The van der Waals surface area contributed by atoms with Crippen LogP contribution >= 0.6 is 15.9 Å². The van der Waals surface area contributed by atoms with Crippen LogP contribution in [-0.2, 0) is 4.79 Å². The van der Waals surface area contributed by atoms with E-state index in [2.05, 4.69) is 21.2 Å². The third kappa shape index (κ3) is 2.76. The molecular formula is C12H15BrN2O. The Hall–Kier alpha value is -1.03. The van der Waals surface area contributed by atoms with Crippen LogP contribution in [0.1, 0.15) is 12.8 Å². The summed E-state index contributed by atoms with van der Waals surface area (Å²) in [5.74, 6) is 0.151. The number of carbonyl (C=O) groups is 1. The van der Waals surface area contributed by atoms with Gasteiger partial charge in [-0.15, -0.1) is 0 Å². The molecule has 0 atom stereocenters. The predicted molar refractivity (Wildman–Crippen MR) is 68.4 cm³/mol. The van der Waals surface area contributed by atoms with Gasteiger partial charge in [-0.1, -0.05) is 12.1 Å². The van der Waals surface area contributed by atoms with E-state index in [4.69, 9.17) is 0 Å². The fourth-order valence-electron chi connectivity index (χ4n) is 1.57. The highest BCUT2D eigenvalue weighted by Crippen LogP contribution is 2.25. The molecular weight excluding hydrogens is 268 g/mol. The average Bonchev–Trinajstić information content (AvgIpc) is 3.10. The van der Waals surface area contributed by atoms with E-state index in [1.54, 1.807) is 0 Å². The van der Waals surface area contributed by atoms with Gasteiger partial charge in [-0.2, -0.15) is 0 Å². The van der Waals surface area contributed by atoms with E-state index < -0.39 is 0 Å². The SMILES string of the molecule is CN(C(=O)CNc1ccccc1Br)C1CC1. The zero-order valence-corrected chi connectivity index (χ0v) is 10.8. The van der Waals surface area contributed by atoms with Crippen molar-refractivity contribution in [2.75, 3.05) is 18.9 Å². The first-order valence-electron chi connectivity index (χ1n) is 5.42. The van der Waals surface area contributed by atoms with Gasteiger partial charge < -0.3 is 10.2 Å². The summed E-state index contributed by atoms with van der Waals surface area (Å²) in [7, 11) is 1.88. The van der Waals surface area contributed by atoms with E-state index in [-0.39, 0.29) is 5.91 Å². The number of nitrogens with zero attached hydrogens (tertiary/aromatic N) is 1. The molecule has 1 fully saturated rings. The lowest BCUT2D eigenvalue weighted by molar-refractivity contribution is -0.128. The molecule has 1 aromatic carbocycles. The Bertz CT molecular complexity index is 390. The summed E-state index contributed by atoms with van der Waals surface area (Å²) in [6.45, 7) is 0.357. The number of nitrogens with one attached hydrogen (secondary N) is 1. The van der Waals surface area contributed by atoms with Gasteiger partial charge in [0.05, 0.1) is 6.54 Å². The first kappa shape index (κ1) is 11.5. The van der Waals surface area contributed by atoms with E-state index in [0.717, 1.165) is 23.0 Å². The second kappa shape index (κ2) is 4.87. The van der Waals surface area contributed by atoms with Gasteiger partial charge in [-0.05, 0) is 40.9 Å². The van der Waals surface area contributed by atoms with Gasteiger partial charge in [0.1, 0.15) is 0 Å². The fourth-order valence-corrected chi connectivity index (χ4v) is 1.99. The number of hydrogen-bond acceptors (Lipinski definition) is 2. The van der Waals surface area contributed by atoms with Gasteiger partial charge in [-0.25, -0.2) is 0 Å². The molecule has 1 aliphatic carbocycles. The average molecular weight is 283 g/mol. The Balaban J connectivity index is 1.87. The van der Waals surface area contributed by atoms with Crippen molar-refractivity contribution in [3.05, 3.63) is 28.7 Å². The molecule has 0 unspecified atom stereocenters. The van der Waals surface area contributed by atoms with Crippen molar-refractivity contribution in [3.8, 4) is 0 Å². The number of amides is 1. The number of anilines is 1. The highest BCUT2D eigenvalue weighted by molar-refractivity contribution is 9.10. The number of halogens is 1. The molecule has 0 spiro atoms. The highest BCUT2D eigenvalue weighted by Gasteiger charge is 2.29. The van der Waals surface area contributed by atoms with E-state index in [1.165, 1.54) is 0 Å². The van der Waals surface area contributed by atoms with Gasteiger partial charge in [0.25, 0.3) is 0 Å². The lowest BCUT2D eigenvalue weighted by Gasteiger charge is -2.17. The Morgan fingerprint density at radius 1 is 1.50 bits per heavy atom. The van der Waals surface area contributed by atoms with Crippen LogP contribution in [0.4, 0.5) is 5.69 Å². The molecule has 0 saturated heterocycles. The third-order valence-electron chi connectivity index (χ3n) is 2.79. The Morgan fingerprint density at radius 2 is 2.19 bits per heavy atom. The van der Waals surface area contributed by atoms with Gasteiger partial charge in [0.2, 0.25) is 5.91 Å². The minimum atomic E-state index is 0.151. The van der Waals surface area contributed by atoms with Gasteiger partial charge in [0, 0.05) is 23.2 Å². The van der Waals surface area contributed by atoms with Crippen LogP contribution < -0.4 is 5.32 Å². The molecule has 1 amide bonds. The Kier molecular flexibility index (Phi) is 3.49. The molecule has 1 aromatic rings. The van der Waals surface area contributed by atoms with Crippen molar-refractivity contribution in [3.63, 3.8) is 0 Å². The third-order valence-corrected chi connectivity index (χ3v) is 3.48. The molecule has 0 aromatic heterocycles. The summed E-state index contributed by atoms with van der Waals surface area (Å²) in [4.78, 5) is 13.6. The van der Waals surface area contributed by atoms with Crippen LogP contribution in [0.15, 0.2) is 28.7 Å². The monoisotopic (exact) mass is 282 g/mol. The fraction of sp³-hybridized carbons (Fsp3) is 0.417. The number of hydrogen-bond donors (Lipinski definition) is 1. The van der Waals surface area contributed by atoms with Crippen LogP contribution in [0, 0.1) is 0 Å². The minimum Gasteiger partial charge on any atom is -0.375 e. The minimum absolute atomic E-state index is 0.151. The molecule has 1 N–H and O–H groups in total. The molecule has 0 aliphatic heterocycles. The summed E-state index contributed by atoms with van der Waals surface area (Å²) < 4.78 is 0.983. The molecule has 16 heavy (non-hydrogen) atoms. The van der Waals surface area contributed by atoms with Crippen LogP contribution in [0.3, 0.4) is 0 Å². The predicted octanol–water partition coefficient (Wildman–Crippen LogP) is 2.48. The lowest BCUT2D eigenvalue weighted by Crippen LogP contribution is -2.33. The molecule has 0 radical (unpaired) electrons. The molecule has 0 heterocycles. The smallest absolute Gasteiger partial charge is 0.241 e. The first-order valence-corrected chi connectivity index (χ1v) is 6.22. The van der Waals surface area contributed by atoms with Gasteiger partial charge in [0.15, 0.2) is 0 Å². The van der Waals surface area contributed by atoms with Gasteiger partial charge >= 0.3 is 0 Å². The quantitative estimate of drug-likeness (QED) is 0.920. The van der Waals surface area contributed by atoms with Crippen molar-refractivity contribution < 1.29 is 4.79 Å². The second-order valence-corrected chi connectivity index (χ2v) is 4.92. The van der Waals surface area contributed by atoms with Crippen LogP contribution in [0.5, 0.6) is 0 Å². The van der Waals surface area contributed by atoms with E-state index >= 15 is 0 Å². The summed E-state index contributed by atoms with van der Waals surface area (Å²) >= 11 is 3.44. The van der Waals surface area contributed by atoms with Crippen molar-refractivity contribution in [2.45, 2.75) is 18.9 Å². The number of carbonyl (C=O) groups excluding carboxylic acids is 1. The zero-order chi connectivity index (χ0) is 11.5. The van der Waals surface area contributed by atoms with Crippen LogP contribution in [0.2, 0.25) is 0 Å². The Morgan fingerprint density at radius 3 is 2.81 bits per heavy atom. The van der Waals surface area contributed by atoms with Crippen LogP contribution in [-0.4, -0.2) is 30.4 Å². The maximum Gasteiger partial charge on any atom is 0.241 e. The summed E-state index contributed by atoms with van der Waals surface area (Å²) in [5, 5.41) is 3.14. The van der Waals surface area contributed by atoms with Crippen molar-refractivity contribution in [1.29, 1.82) is 0 Å². The normalized spacial score (nSPS) is 14.6. The molecule has 1 saturated carbocycles. The van der Waals surface area contributed by atoms with Crippen molar-refractivity contribution in [2.24, 2.45) is 0 Å². The lowest BCUT2D eigenvalue weighted by atomic mass is 10.3. The highest BCUT2D eigenvalue weighted by atomic mass is 79.9. The maximum absolute atomic E-state index is 11.8. The Labute approximate surface area is 104 Å². The van der Waals surface area contributed by atoms with E-state index in [9.17, 15) is 4.79 Å². The number of rotatable bonds is 4. The molecule has 3 nitrogen and oxygen atoms in total. The number of para-hydroxylation sites is 1. The standard InChI is InChI=1S/C12H15BrN2O/c1-15(9-6-7-9)12(16)8-14-11-5-3-2-4-10(11)13/h2-5,9,14H,6-8H2,1H3.